The third-order valence-electron chi connectivity index (χ3n) is 2.04. The van der Waals surface area contributed by atoms with Crippen LogP contribution >= 0.6 is 15.9 Å². The molecule has 0 bridgehead atoms. The molecule has 2 N–H and O–H groups in total. The van der Waals surface area contributed by atoms with Crippen molar-refractivity contribution in [2.24, 2.45) is 5.73 Å². The zero-order chi connectivity index (χ0) is 10.7. The van der Waals surface area contributed by atoms with E-state index >= 15 is 0 Å². The van der Waals surface area contributed by atoms with Crippen LogP contribution < -0.4 is 10.5 Å². The molecular formula is C10H13BrFNO. The first-order valence-corrected chi connectivity index (χ1v) is 5.12. The van der Waals surface area contributed by atoms with Crippen molar-refractivity contribution in [3.8, 4) is 5.75 Å². The minimum absolute atomic E-state index is 0.258. The molecule has 0 amide bonds. The minimum Gasteiger partial charge on any atom is -0.492 e. The van der Waals surface area contributed by atoms with E-state index in [0.717, 1.165) is 5.56 Å². The Morgan fingerprint density at radius 2 is 2.21 bits per heavy atom. The molecule has 1 rings (SSSR count). The van der Waals surface area contributed by atoms with Crippen LogP contribution in [0.3, 0.4) is 0 Å². The lowest BCUT2D eigenvalue weighted by atomic mass is 10.1. The van der Waals surface area contributed by atoms with Crippen molar-refractivity contribution in [1.82, 2.24) is 0 Å². The molecule has 0 aliphatic carbocycles. The zero-order valence-electron chi connectivity index (χ0n) is 8.23. The molecule has 0 aliphatic rings. The van der Waals surface area contributed by atoms with Gasteiger partial charge in [-0.1, -0.05) is 6.07 Å². The molecule has 78 valence electrons. The van der Waals surface area contributed by atoms with Gasteiger partial charge in [-0.15, -0.1) is 0 Å². The zero-order valence-corrected chi connectivity index (χ0v) is 9.82. The average Bonchev–Trinajstić information content (AvgIpc) is 2.16. The van der Waals surface area contributed by atoms with Crippen LogP contribution in [0.25, 0.3) is 0 Å². The standard InChI is InChI=1S/C10H13BrFNO/c1-6-5-7(3-4-13)9(12)10(14-2)8(6)11/h5H,3-4,13H2,1-2H3. The van der Waals surface area contributed by atoms with Gasteiger partial charge in [-0.25, -0.2) is 4.39 Å². The fraction of sp³-hybridized carbons (Fsp3) is 0.400. The van der Waals surface area contributed by atoms with E-state index in [-0.39, 0.29) is 11.6 Å². The number of hydrogen-bond donors (Lipinski definition) is 1. The molecule has 1 aromatic rings. The van der Waals surface area contributed by atoms with Crippen molar-refractivity contribution >= 4 is 15.9 Å². The van der Waals surface area contributed by atoms with Gasteiger partial charge in [0, 0.05) is 0 Å². The van der Waals surface area contributed by atoms with Gasteiger partial charge < -0.3 is 10.5 Å². The molecule has 0 saturated carbocycles. The lowest BCUT2D eigenvalue weighted by molar-refractivity contribution is 0.381. The minimum atomic E-state index is -0.324. The normalized spacial score (nSPS) is 10.4. The van der Waals surface area contributed by atoms with Crippen LogP contribution in [0, 0.1) is 12.7 Å². The molecule has 0 heterocycles. The van der Waals surface area contributed by atoms with Gasteiger partial charge in [-0.2, -0.15) is 0 Å². The Balaban J connectivity index is 3.27. The smallest absolute Gasteiger partial charge is 0.169 e. The maximum absolute atomic E-state index is 13.7. The lowest BCUT2D eigenvalue weighted by Gasteiger charge is -2.11. The summed E-state index contributed by atoms with van der Waals surface area (Å²) >= 11 is 3.28. The van der Waals surface area contributed by atoms with Crippen molar-refractivity contribution in [3.63, 3.8) is 0 Å². The SMILES string of the molecule is COc1c(F)c(CCN)cc(C)c1Br. The van der Waals surface area contributed by atoms with E-state index in [2.05, 4.69) is 15.9 Å². The maximum Gasteiger partial charge on any atom is 0.169 e. The molecule has 14 heavy (non-hydrogen) atoms. The van der Waals surface area contributed by atoms with E-state index in [0.29, 0.717) is 23.0 Å². The number of ether oxygens (including phenoxy) is 1. The molecule has 2 nitrogen and oxygen atoms in total. The highest BCUT2D eigenvalue weighted by Gasteiger charge is 2.14. The highest BCUT2D eigenvalue weighted by Crippen LogP contribution is 2.33. The fourth-order valence-corrected chi connectivity index (χ4v) is 1.78. The number of halogens is 2. The number of nitrogens with two attached hydrogens (primary N) is 1. The lowest BCUT2D eigenvalue weighted by Crippen LogP contribution is -2.06. The average molecular weight is 262 g/mol. The molecule has 0 aromatic heterocycles. The first kappa shape index (κ1) is 11.5. The van der Waals surface area contributed by atoms with Gasteiger partial charge in [0.25, 0.3) is 0 Å². The largest absolute Gasteiger partial charge is 0.492 e. The van der Waals surface area contributed by atoms with E-state index in [1.165, 1.54) is 7.11 Å². The third-order valence-corrected chi connectivity index (χ3v) is 3.02. The Kier molecular flexibility index (Phi) is 3.89. The van der Waals surface area contributed by atoms with E-state index in [4.69, 9.17) is 10.5 Å². The molecule has 4 heteroatoms. The van der Waals surface area contributed by atoms with Crippen molar-refractivity contribution in [1.29, 1.82) is 0 Å². The fourth-order valence-electron chi connectivity index (χ4n) is 1.33. The summed E-state index contributed by atoms with van der Waals surface area (Å²) in [4.78, 5) is 0. The van der Waals surface area contributed by atoms with Crippen molar-refractivity contribution < 1.29 is 9.13 Å². The van der Waals surface area contributed by atoms with Crippen molar-refractivity contribution in [2.45, 2.75) is 13.3 Å². The molecule has 0 spiro atoms. The topological polar surface area (TPSA) is 35.2 Å². The van der Waals surface area contributed by atoms with Crippen molar-refractivity contribution in [2.75, 3.05) is 13.7 Å². The predicted octanol–water partition coefficient (Wildman–Crippen LogP) is 2.41. The Labute approximate surface area is 91.4 Å². The highest BCUT2D eigenvalue weighted by molar-refractivity contribution is 9.10. The summed E-state index contributed by atoms with van der Waals surface area (Å²) in [7, 11) is 1.45. The quantitative estimate of drug-likeness (QED) is 0.907. The summed E-state index contributed by atoms with van der Waals surface area (Å²) in [6.07, 6.45) is 0.524. The summed E-state index contributed by atoms with van der Waals surface area (Å²) in [5, 5.41) is 0. The Hall–Kier alpha value is -0.610. The summed E-state index contributed by atoms with van der Waals surface area (Å²) < 4.78 is 19.3. The molecule has 0 aliphatic heterocycles. The van der Waals surface area contributed by atoms with Crippen molar-refractivity contribution in [3.05, 3.63) is 27.5 Å². The molecule has 0 atom stereocenters. The van der Waals surface area contributed by atoms with Gasteiger partial charge in [0.2, 0.25) is 0 Å². The summed E-state index contributed by atoms with van der Waals surface area (Å²) in [5.41, 5.74) is 6.94. The Bertz CT molecular complexity index is 341. The van der Waals surface area contributed by atoms with Crippen LogP contribution in [-0.2, 0) is 6.42 Å². The molecule has 0 saturated heterocycles. The highest BCUT2D eigenvalue weighted by atomic mass is 79.9. The molecular weight excluding hydrogens is 249 g/mol. The first-order valence-electron chi connectivity index (χ1n) is 4.33. The molecule has 0 unspecified atom stereocenters. The van der Waals surface area contributed by atoms with E-state index in [1.807, 2.05) is 6.92 Å². The van der Waals surface area contributed by atoms with Crippen LogP contribution in [0.1, 0.15) is 11.1 Å². The van der Waals surface area contributed by atoms with Gasteiger partial charge in [0.1, 0.15) is 0 Å². The number of methoxy groups -OCH3 is 1. The van der Waals surface area contributed by atoms with Crippen LogP contribution in [0.15, 0.2) is 10.5 Å². The Morgan fingerprint density at radius 3 is 2.71 bits per heavy atom. The molecule has 0 radical (unpaired) electrons. The number of hydrogen-bond acceptors (Lipinski definition) is 2. The first-order chi connectivity index (χ1) is 6.61. The van der Waals surface area contributed by atoms with E-state index in [9.17, 15) is 4.39 Å². The van der Waals surface area contributed by atoms with Gasteiger partial charge in [-0.05, 0) is 46.9 Å². The van der Waals surface area contributed by atoms with Crippen LogP contribution in [0.5, 0.6) is 5.75 Å². The second kappa shape index (κ2) is 4.75. The second-order valence-corrected chi connectivity index (χ2v) is 3.85. The predicted molar refractivity (Wildman–Crippen MR) is 58.1 cm³/mol. The number of benzene rings is 1. The van der Waals surface area contributed by atoms with Gasteiger partial charge in [0.05, 0.1) is 11.6 Å². The number of rotatable bonds is 3. The van der Waals surface area contributed by atoms with E-state index < -0.39 is 0 Å². The molecule has 0 fully saturated rings. The van der Waals surface area contributed by atoms with Crippen LogP contribution in [0.2, 0.25) is 0 Å². The monoisotopic (exact) mass is 261 g/mol. The van der Waals surface area contributed by atoms with Gasteiger partial charge >= 0.3 is 0 Å². The summed E-state index contributed by atoms with van der Waals surface area (Å²) in [5.74, 6) is -0.0659. The third kappa shape index (κ3) is 2.07. The van der Waals surface area contributed by atoms with Crippen LogP contribution in [-0.4, -0.2) is 13.7 Å². The second-order valence-electron chi connectivity index (χ2n) is 3.05. The summed E-state index contributed by atoms with van der Waals surface area (Å²) in [6, 6.07) is 1.79. The summed E-state index contributed by atoms with van der Waals surface area (Å²) in [6.45, 7) is 2.33. The van der Waals surface area contributed by atoms with Gasteiger partial charge in [-0.3, -0.25) is 0 Å². The Morgan fingerprint density at radius 1 is 1.57 bits per heavy atom. The maximum atomic E-state index is 13.7. The van der Waals surface area contributed by atoms with E-state index in [1.54, 1.807) is 6.07 Å². The molecule has 1 aromatic carbocycles. The van der Waals surface area contributed by atoms with Crippen LogP contribution in [0.4, 0.5) is 4.39 Å². The number of aryl methyl sites for hydroxylation is 1. The van der Waals surface area contributed by atoms with Gasteiger partial charge in [0.15, 0.2) is 11.6 Å².